The van der Waals surface area contributed by atoms with Gasteiger partial charge in [-0.2, -0.15) is 0 Å². The highest BCUT2D eigenvalue weighted by molar-refractivity contribution is 5.93. The van der Waals surface area contributed by atoms with Gasteiger partial charge in [-0.05, 0) is 53.5 Å². The largest absolute Gasteiger partial charge is 0.454 e. The molecule has 1 saturated heterocycles. The highest BCUT2D eigenvalue weighted by Gasteiger charge is 2.43. The SMILES string of the molecule is O=C1CCc2cc([C@H](O)CN3CC4=CC(Oc5ccc(F)cc5F)=C[C@]4(O)C3)ccc2N1. The Morgan fingerprint density at radius 1 is 1.19 bits per heavy atom. The molecule has 2 aromatic carbocycles. The van der Waals surface area contributed by atoms with Crippen molar-refractivity contribution in [3.8, 4) is 5.75 Å². The van der Waals surface area contributed by atoms with Crippen LogP contribution in [0.4, 0.5) is 14.5 Å². The van der Waals surface area contributed by atoms with Gasteiger partial charge in [0.25, 0.3) is 0 Å². The van der Waals surface area contributed by atoms with Crippen LogP contribution >= 0.6 is 0 Å². The molecule has 32 heavy (non-hydrogen) atoms. The fourth-order valence-electron chi connectivity index (χ4n) is 4.47. The minimum Gasteiger partial charge on any atom is -0.454 e. The maximum absolute atomic E-state index is 13.8. The van der Waals surface area contributed by atoms with Crippen LogP contribution in [0, 0.1) is 11.6 Å². The van der Waals surface area contributed by atoms with Crippen LogP contribution in [0.3, 0.4) is 0 Å². The number of rotatable bonds is 5. The molecule has 6 nitrogen and oxygen atoms in total. The third kappa shape index (κ3) is 3.92. The van der Waals surface area contributed by atoms with Crippen molar-refractivity contribution in [2.45, 2.75) is 24.5 Å². The molecule has 2 atom stereocenters. The van der Waals surface area contributed by atoms with E-state index in [2.05, 4.69) is 5.32 Å². The highest BCUT2D eigenvalue weighted by Crippen LogP contribution is 2.37. The lowest BCUT2D eigenvalue weighted by Crippen LogP contribution is -2.33. The van der Waals surface area contributed by atoms with Crippen molar-refractivity contribution < 1.29 is 28.5 Å². The molecule has 2 aliphatic heterocycles. The van der Waals surface area contributed by atoms with E-state index in [9.17, 15) is 23.8 Å². The molecule has 0 radical (unpaired) electrons. The number of aliphatic hydroxyl groups excluding tert-OH is 1. The number of nitrogens with one attached hydrogen (secondary N) is 1. The molecule has 5 rings (SSSR count). The van der Waals surface area contributed by atoms with Gasteiger partial charge in [0.05, 0.1) is 6.10 Å². The second kappa shape index (κ2) is 7.81. The van der Waals surface area contributed by atoms with Crippen LogP contribution in [0.1, 0.15) is 23.7 Å². The number of β-amino-alcohol motifs (C(OH)–C–C–N with tert-alkyl or cyclic N) is 2. The molecular weight excluding hydrogens is 418 g/mol. The Hall–Kier alpha value is -3.07. The first kappa shape index (κ1) is 20.8. The topological polar surface area (TPSA) is 82.0 Å². The van der Waals surface area contributed by atoms with Gasteiger partial charge in [-0.1, -0.05) is 12.1 Å². The number of ether oxygens (including phenoxy) is 1. The van der Waals surface area contributed by atoms with E-state index in [-0.39, 0.29) is 18.2 Å². The summed E-state index contributed by atoms with van der Waals surface area (Å²) in [4.78, 5) is 13.4. The second-order valence-corrected chi connectivity index (χ2v) is 8.47. The summed E-state index contributed by atoms with van der Waals surface area (Å²) in [6.07, 6.45) is 3.48. The molecule has 0 unspecified atom stereocenters. The van der Waals surface area contributed by atoms with E-state index < -0.39 is 23.3 Å². The van der Waals surface area contributed by atoms with Crippen LogP contribution in [-0.2, 0) is 11.2 Å². The Morgan fingerprint density at radius 2 is 2.03 bits per heavy atom. The number of aryl methyl sites for hydroxylation is 1. The van der Waals surface area contributed by atoms with E-state index >= 15 is 0 Å². The van der Waals surface area contributed by atoms with E-state index in [1.54, 1.807) is 18.2 Å². The lowest BCUT2D eigenvalue weighted by Gasteiger charge is -2.23. The first-order chi connectivity index (χ1) is 15.3. The lowest BCUT2D eigenvalue weighted by atomic mass is 9.98. The minimum atomic E-state index is -1.26. The average molecular weight is 440 g/mol. The van der Waals surface area contributed by atoms with E-state index in [0.717, 1.165) is 28.9 Å². The smallest absolute Gasteiger partial charge is 0.224 e. The van der Waals surface area contributed by atoms with E-state index in [1.807, 2.05) is 11.0 Å². The van der Waals surface area contributed by atoms with Crippen molar-refractivity contribution in [2.75, 3.05) is 25.0 Å². The number of hydrogen-bond acceptors (Lipinski definition) is 5. The van der Waals surface area contributed by atoms with Gasteiger partial charge in [0.15, 0.2) is 11.6 Å². The van der Waals surface area contributed by atoms with Gasteiger partial charge in [-0.15, -0.1) is 0 Å². The van der Waals surface area contributed by atoms with Gasteiger partial charge in [0, 0.05) is 37.8 Å². The van der Waals surface area contributed by atoms with Gasteiger partial charge in [0.2, 0.25) is 5.91 Å². The number of anilines is 1. The molecule has 1 aliphatic carbocycles. The Bertz CT molecular complexity index is 1160. The summed E-state index contributed by atoms with van der Waals surface area (Å²) in [5, 5.41) is 24.6. The zero-order valence-electron chi connectivity index (χ0n) is 17.1. The Labute approximate surface area is 183 Å². The molecule has 2 aromatic rings. The molecule has 166 valence electrons. The standard InChI is InChI=1S/C24H22F2N2O4/c25-17-3-5-22(19(26)9-17)32-18-8-16-11-28(13-24(16,31)10-18)12-21(29)15-1-4-20-14(7-15)2-6-23(30)27-20/h1,3-5,7-10,21,29,31H,2,6,11-13H2,(H,27,30)/t21-,24+/m1/s1. The fourth-order valence-corrected chi connectivity index (χ4v) is 4.47. The molecule has 8 heteroatoms. The number of halogens is 2. The summed E-state index contributed by atoms with van der Waals surface area (Å²) >= 11 is 0. The monoisotopic (exact) mass is 440 g/mol. The average Bonchev–Trinajstić information content (AvgIpc) is 3.19. The highest BCUT2D eigenvalue weighted by atomic mass is 19.1. The van der Waals surface area contributed by atoms with Crippen LogP contribution in [-0.4, -0.2) is 46.3 Å². The molecule has 0 aromatic heterocycles. The predicted molar refractivity (Wildman–Crippen MR) is 113 cm³/mol. The minimum absolute atomic E-state index is 0.00510. The van der Waals surface area contributed by atoms with Crippen molar-refractivity contribution in [2.24, 2.45) is 0 Å². The molecule has 3 aliphatic rings. The molecule has 1 amide bonds. The molecule has 0 saturated carbocycles. The third-order valence-electron chi connectivity index (χ3n) is 6.07. The molecular formula is C24H22F2N2O4. The van der Waals surface area contributed by atoms with E-state index in [4.69, 9.17) is 4.74 Å². The number of hydrogen-bond donors (Lipinski definition) is 3. The van der Waals surface area contributed by atoms with Crippen molar-refractivity contribution >= 4 is 11.6 Å². The van der Waals surface area contributed by atoms with Crippen LogP contribution in [0.2, 0.25) is 0 Å². The number of carbonyl (C=O) groups is 1. The number of likely N-dealkylation sites (tertiary alicyclic amines) is 1. The summed E-state index contributed by atoms with van der Waals surface area (Å²) in [6.45, 7) is 1.00. The van der Waals surface area contributed by atoms with E-state index in [1.165, 1.54) is 12.1 Å². The van der Waals surface area contributed by atoms with E-state index in [0.29, 0.717) is 37.3 Å². The molecule has 1 fully saturated rings. The first-order valence-corrected chi connectivity index (χ1v) is 10.4. The molecule has 0 bridgehead atoms. The molecule has 0 spiro atoms. The summed E-state index contributed by atoms with van der Waals surface area (Å²) in [7, 11) is 0. The van der Waals surface area contributed by atoms with Crippen molar-refractivity contribution in [1.29, 1.82) is 0 Å². The first-order valence-electron chi connectivity index (χ1n) is 10.4. The van der Waals surface area contributed by atoms with Crippen molar-refractivity contribution in [3.05, 3.63) is 82.6 Å². The van der Waals surface area contributed by atoms with Gasteiger partial charge >= 0.3 is 0 Å². The van der Waals surface area contributed by atoms with Gasteiger partial charge in [-0.25, -0.2) is 8.78 Å². The number of fused-ring (bicyclic) bond motifs is 2. The lowest BCUT2D eigenvalue weighted by molar-refractivity contribution is -0.116. The number of amides is 1. The zero-order chi connectivity index (χ0) is 22.5. The number of aliphatic hydroxyl groups is 2. The summed E-state index contributed by atoms with van der Waals surface area (Å²) in [6, 6.07) is 8.56. The van der Waals surface area contributed by atoms with Crippen LogP contribution < -0.4 is 10.1 Å². The molecule has 3 N–H and O–H groups in total. The second-order valence-electron chi connectivity index (χ2n) is 8.47. The van der Waals surface area contributed by atoms with Crippen molar-refractivity contribution in [1.82, 2.24) is 4.90 Å². The number of carbonyl (C=O) groups excluding carboxylic acids is 1. The maximum Gasteiger partial charge on any atom is 0.224 e. The zero-order valence-corrected chi connectivity index (χ0v) is 17.1. The fraction of sp³-hybridized carbons (Fsp3) is 0.292. The van der Waals surface area contributed by atoms with Crippen LogP contribution in [0.5, 0.6) is 5.75 Å². The normalized spacial score (nSPS) is 23.2. The quantitative estimate of drug-likeness (QED) is 0.666. The van der Waals surface area contributed by atoms with Crippen LogP contribution in [0.25, 0.3) is 0 Å². The summed E-state index contributed by atoms with van der Waals surface area (Å²) < 4.78 is 32.4. The summed E-state index contributed by atoms with van der Waals surface area (Å²) in [5.74, 6) is -1.34. The third-order valence-corrected chi connectivity index (χ3v) is 6.07. The van der Waals surface area contributed by atoms with Gasteiger partial charge in [-0.3, -0.25) is 9.69 Å². The Morgan fingerprint density at radius 3 is 2.81 bits per heavy atom. The predicted octanol–water partition coefficient (Wildman–Crippen LogP) is 2.83. The number of benzene rings is 2. The van der Waals surface area contributed by atoms with Crippen LogP contribution in [0.15, 0.2) is 59.9 Å². The van der Waals surface area contributed by atoms with Gasteiger partial charge in [0.1, 0.15) is 17.2 Å². The number of nitrogens with zero attached hydrogens (tertiary/aromatic N) is 1. The maximum atomic E-state index is 13.8. The van der Waals surface area contributed by atoms with Gasteiger partial charge < -0.3 is 20.3 Å². The Kier molecular flexibility index (Phi) is 5.08. The van der Waals surface area contributed by atoms with Crippen molar-refractivity contribution in [3.63, 3.8) is 0 Å². The summed E-state index contributed by atoms with van der Waals surface area (Å²) in [5.41, 5.74) is 1.96. The number of allylic oxidation sites excluding steroid dienone is 1. The molecule has 2 heterocycles. The Balaban J connectivity index is 1.24.